The third-order valence-corrected chi connectivity index (χ3v) is 8.24. The summed E-state index contributed by atoms with van der Waals surface area (Å²) >= 11 is 0. The second-order valence-corrected chi connectivity index (χ2v) is 11.1. The number of anilines is 1. The highest BCUT2D eigenvalue weighted by atomic mass is 19.4. The number of hydrogen-bond acceptors (Lipinski definition) is 7. The molecule has 2 unspecified atom stereocenters. The van der Waals surface area contributed by atoms with Crippen LogP contribution in [0.3, 0.4) is 0 Å². The molecule has 2 atom stereocenters. The van der Waals surface area contributed by atoms with Crippen LogP contribution >= 0.6 is 0 Å². The van der Waals surface area contributed by atoms with Gasteiger partial charge in [0.05, 0.1) is 24.4 Å². The number of hydrogen-bond donors (Lipinski definition) is 1. The lowest BCUT2D eigenvalue weighted by Crippen LogP contribution is -2.38. The average Bonchev–Trinajstić information content (AvgIpc) is 3.40. The normalized spacial score (nSPS) is 20.3. The molecule has 1 saturated carbocycles. The van der Waals surface area contributed by atoms with Crippen molar-refractivity contribution in [3.63, 3.8) is 0 Å². The molecule has 6 heterocycles. The highest BCUT2D eigenvalue weighted by Gasteiger charge is 2.45. The van der Waals surface area contributed by atoms with Crippen LogP contribution in [0.2, 0.25) is 0 Å². The predicted octanol–water partition coefficient (Wildman–Crippen LogP) is 5.88. The van der Waals surface area contributed by atoms with Crippen molar-refractivity contribution < 1.29 is 17.9 Å². The number of pyridine rings is 1. The molecule has 1 aliphatic carbocycles. The van der Waals surface area contributed by atoms with Crippen molar-refractivity contribution in [2.24, 2.45) is 0 Å². The van der Waals surface area contributed by atoms with Crippen molar-refractivity contribution in [2.45, 2.75) is 76.2 Å². The molecule has 2 fully saturated rings. The van der Waals surface area contributed by atoms with Gasteiger partial charge in [0, 0.05) is 53.6 Å². The zero-order chi connectivity index (χ0) is 27.8. The van der Waals surface area contributed by atoms with E-state index in [1.807, 2.05) is 26.0 Å². The van der Waals surface area contributed by atoms with Crippen molar-refractivity contribution in [3.8, 4) is 28.5 Å². The highest BCUT2D eigenvalue weighted by Crippen LogP contribution is 2.51. The molecule has 0 spiro atoms. The Labute approximate surface area is 228 Å². The first-order valence-corrected chi connectivity index (χ1v) is 13.6. The van der Waals surface area contributed by atoms with Crippen LogP contribution in [0.1, 0.15) is 80.2 Å². The van der Waals surface area contributed by atoms with Crippen LogP contribution in [0.4, 0.5) is 19.0 Å². The smallest absolute Gasteiger partial charge is 0.434 e. The molecule has 9 nitrogen and oxygen atoms in total. The van der Waals surface area contributed by atoms with Gasteiger partial charge in [0.25, 0.3) is 0 Å². The molecule has 208 valence electrons. The molecule has 1 N–H and O–H groups in total. The van der Waals surface area contributed by atoms with Gasteiger partial charge in [0.2, 0.25) is 5.88 Å². The largest absolute Gasteiger partial charge is 0.480 e. The van der Waals surface area contributed by atoms with E-state index in [4.69, 9.17) is 14.8 Å². The van der Waals surface area contributed by atoms with Gasteiger partial charge in [0.1, 0.15) is 23.7 Å². The predicted molar refractivity (Wildman–Crippen MR) is 141 cm³/mol. The molecule has 2 bridgehead atoms. The third kappa shape index (κ3) is 3.95. The fraction of sp³-hybridized carbons (Fsp3) is 0.464. The van der Waals surface area contributed by atoms with Gasteiger partial charge in [-0.2, -0.15) is 18.3 Å². The molecular formula is C28H29F3N8O. The van der Waals surface area contributed by atoms with Gasteiger partial charge in [-0.1, -0.05) is 0 Å². The van der Waals surface area contributed by atoms with Gasteiger partial charge < -0.3 is 14.2 Å². The van der Waals surface area contributed by atoms with E-state index in [1.54, 1.807) is 24.2 Å². The minimum absolute atomic E-state index is 0.0484. The lowest BCUT2D eigenvalue weighted by atomic mass is 9.93. The van der Waals surface area contributed by atoms with Gasteiger partial charge in [-0.05, 0) is 51.7 Å². The molecule has 0 amide bonds. The number of imidazole rings is 1. The second kappa shape index (κ2) is 9.03. The fourth-order valence-corrected chi connectivity index (χ4v) is 6.28. The van der Waals surface area contributed by atoms with Gasteiger partial charge >= 0.3 is 6.18 Å². The number of H-pyrrole nitrogens is 1. The molecule has 0 radical (unpaired) electrons. The second-order valence-electron chi connectivity index (χ2n) is 11.1. The van der Waals surface area contributed by atoms with E-state index < -0.39 is 11.9 Å². The number of alkyl halides is 3. The van der Waals surface area contributed by atoms with Crippen LogP contribution < -0.4 is 9.64 Å². The molecular weight excluding hydrogens is 521 g/mol. The van der Waals surface area contributed by atoms with E-state index >= 15 is 0 Å². The first kappa shape index (κ1) is 25.0. The average molecular weight is 551 g/mol. The molecule has 0 aromatic carbocycles. The Balaban J connectivity index is 1.26. The standard InChI is InChI=1S/C28H29F3N8O/c1-14(2)38-12-20(28(29,30)31)35-26(38)16-6-9-21(32-11-16)39-17-7-8-19(39)22-18(10-17)36-37-25(22)23-24(15-4-5-15)33-13-34-27(23)40-3/h6,9,11-15,17,19H,4-5,7-8,10H2,1-3H3,(H,36,37). The van der Waals surface area contributed by atoms with Gasteiger partial charge in [0.15, 0.2) is 5.69 Å². The summed E-state index contributed by atoms with van der Waals surface area (Å²) in [6.07, 6.45) is 4.65. The van der Waals surface area contributed by atoms with Gasteiger partial charge in [-0.15, -0.1) is 0 Å². The van der Waals surface area contributed by atoms with Gasteiger partial charge in [-0.3, -0.25) is 5.10 Å². The van der Waals surface area contributed by atoms with E-state index in [0.29, 0.717) is 17.4 Å². The number of methoxy groups -OCH3 is 1. The first-order chi connectivity index (χ1) is 19.2. The number of fused-ring (bicyclic) bond motifs is 4. The van der Waals surface area contributed by atoms with Crippen LogP contribution in [0.5, 0.6) is 5.88 Å². The number of nitrogens with one attached hydrogen (secondary N) is 1. The topological polar surface area (TPSA) is 97.6 Å². The molecule has 3 aliphatic rings. The number of rotatable bonds is 6. The monoisotopic (exact) mass is 550 g/mol. The number of ether oxygens (including phenoxy) is 1. The number of aromatic nitrogens is 7. The Morgan fingerprint density at radius 3 is 2.58 bits per heavy atom. The molecule has 2 aliphatic heterocycles. The number of aromatic amines is 1. The first-order valence-electron chi connectivity index (χ1n) is 13.6. The van der Waals surface area contributed by atoms with Crippen molar-refractivity contribution in [3.05, 3.63) is 53.5 Å². The minimum atomic E-state index is -4.51. The van der Waals surface area contributed by atoms with Crippen molar-refractivity contribution in [1.82, 2.24) is 34.7 Å². The van der Waals surface area contributed by atoms with Crippen LogP contribution in [0, 0.1) is 0 Å². The Morgan fingerprint density at radius 2 is 1.90 bits per heavy atom. The molecule has 4 aromatic rings. The molecule has 4 aromatic heterocycles. The lowest BCUT2D eigenvalue weighted by molar-refractivity contribution is -0.140. The summed E-state index contributed by atoms with van der Waals surface area (Å²) in [6, 6.07) is 3.81. The minimum Gasteiger partial charge on any atom is -0.480 e. The summed E-state index contributed by atoms with van der Waals surface area (Å²) in [7, 11) is 1.62. The SMILES string of the molecule is COc1ncnc(C2CC2)c1-c1n[nH]c2c1C1CCC(C2)N1c1ccc(-c2nc(C(F)(F)F)cn2C(C)C)cn1. The quantitative estimate of drug-likeness (QED) is 0.320. The van der Waals surface area contributed by atoms with E-state index in [9.17, 15) is 13.2 Å². The number of nitrogens with zero attached hydrogens (tertiary/aromatic N) is 7. The summed E-state index contributed by atoms with van der Waals surface area (Å²) in [4.78, 5) is 20.0. The Morgan fingerprint density at radius 1 is 1.07 bits per heavy atom. The molecule has 1 saturated heterocycles. The van der Waals surface area contributed by atoms with Gasteiger partial charge in [-0.25, -0.2) is 19.9 Å². The van der Waals surface area contributed by atoms with Crippen LogP contribution in [-0.4, -0.2) is 47.9 Å². The fourth-order valence-electron chi connectivity index (χ4n) is 6.28. The number of halogens is 3. The van der Waals surface area contributed by atoms with Crippen LogP contribution in [-0.2, 0) is 12.6 Å². The molecule has 12 heteroatoms. The molecule has 7 rings (SSSR count). The van der Waals surface area contributed by atoms with Crippen molar-refractivity contribution in [1.29, 1.82) is 0 Å². The summed E-state index contributed by atoms with van der Waals surface area (Å²) in [6.45, 7) is 3.67. The maximum atomic E-state index is 13.4. The zero-order valence-corrected chi connectivity index (χ0v) is 22.4. The maximum Gasteiger partial charge on any atom is 0.434 e. The van der Waals surface area contributed by atoms with Crippen LogP contribution in [0.15, 0.2) is 30.9 Å². The van der Waals surface area contributed by atoms with Crippen molar-refractivity contribution >= 4 is 5.82 Å². The summed E-state index contributed by atoms with van der Waals surface area (Å²) in [5.41, 5.74) is 4.55. The van der Waals surface area contributed by atoms with Crippen LogP contribution in [0.25, 0.3) is 22.6 Å². The maximum absolute atomic E-state index is 13.4. The third-order valence-electron chi connectivity index (χ3n) is 8.24. The lowest BCUT2D eigenvalue weighted by Gasteiger charge is -2.36. The zero-order valence-electron chi connectivity index (χ0n) is 22.4. The molecule has 40 heavy (non-hydrogen) atoms. The Hall–Kier alpha value is -3.96. The summed E-state index contributed by atoms with van der Waals surface area (Å²) in [5.74, 6) is 1.96. The van der Waals surface area contributed by atoms with E-state index in [-0.39, 0.29) is 23.9 Å². The van der Waals surface area contributed by atoms with E-state index in [0.717, 1.165) is 72.3 Å². The summed E-state index contributed by atoms with van der Waals surface area (Å²) in [5, 5.41) is 8.05. The summed E-state index contributed by atoms with van der Waals surface area (Å²) < 4.78 is 47.4. The Bertz CT molecular complexity index is 1570. The van der Waals surface area contributed by atoms with E-state index in [2.05, 4.69) is 25.0 Å². The van der Waals surface area contributed by atoms with Crippen molar-refractivity contribution in [2.75, 3.05) is 12.0 Å². The van der Waals surface area contributed by atoms with E-state index in [1.165, 1.54) is 0 Å². The Kier molecular flexibility index (Phi) is 5.65. The highest BCUT2D eigenvalue weighted by molar-refractivity contribution is 5.74.